The van der Waals surface area contributed by atoms with Gasteiger partial charge in [0.1, 0.15) is 5.82 Å². The SMILES string of the molecule is CC1(C)OB(c2cc(F)cc(SN)c2)OC1(C)C. The van der Waals surface area contributed by atoms with Gasteiger partial charge in [0.25, 0.3) is 0 Å². The highest BCUT2D eigenvalue weighted by atomic mass is 32.2. The molecule has 98 valence electrons. The summed E-state index contributed by atoms with van der Waals surface area (Å²) in [6.07, 6.45) is 0. The second kappa shape index (κ2) is 4.52. The van der Waals surface area contributed by atoms with E-state index in [9.17, 15) is 4.39 Å². The van der Waals surface area contributed by atoms with Gasteiger partial charge in [0.15, 0.2) is 0 Å². The molecule has 1 heterocycles. The Balaban J connectivity index is 2.32. The molecule has 0 bridgehead atoms. The summed E-state index contributed by atoms with van der Waals surface area (Å²) in [7, 11) is -0.559. The van der Waals surface area contributed by atoms with Gasteiger partial charge in [-0.2, -0.15) is 0 Å². The molecule has 18 heavy (non-hydrogen) atoms. The van der Waals surface area contributed by atoms with E-state index in [2.05, 4.69) is 0 Å². The second-order valence-corrected chi connectivity index (χ2v) is 6.13. The molecule has 0 radical (unpaired) electrons. The molecule has 1 fully saturated rings. The quantitative estimate of drug-likeness (QED) is 0.659. The zero-order chi connectivity index (χ0) is 13.6. The van der Waals surface area contributed by atoms with Gasteiger partial charge in [0.2, 0.25) is 0 Å². The number of nitrogens with two attached hydrogens (primary N) is 1. The zero-order valence-electron chi connectivity index (χ0n) is 11.0. The van der Waals surface area contributed by atoms with Gasteiger partial charge in [-0.05, 0) is 63.3 Å². The van der Waals surface area contributed by atoms with E-state index in [0.29, 0.717) is 10.4 Å². The maximum Gasteiger partial charge on any atom is 0.494 e. The average Bonchev–Trinajstić information content (AvgIpc) is 2.47. The van der Waals surface area contributed by atoms with E-state index in [1.807, 2.05) is 27.7 Å². The molecule has 0 amide bonds. The minimum Gasteiger partial charge on any atom is -0.399 e. The van der Waals surface area contributed by atoms with Crippen molar-refractivity contribution in [2.45, 2.75) is 43.8 Å². The Morgan fingerprint density at radius 3 is 2.17 bits per heavy atom. The Kier molecular flexibility index (Phi) is 3.49. The molecule has 0 saturated carbocycles. The van der Waals surface area contributed by atoms with Crippen molar-refractivity contribution in [1.82, 2.24) is 0 Å². The lowest BCUT2D eigenvalue weighted by Crippen LogP contribution is -2.41. The first kappa shape index (κ1) is 13.9. The van der Waals surface area contributed by atoms with Crippen LogP contribution in [0.4, 0.5) is 4.39 Å². The Morgan fingerprint density at radius 2 is 1.67 bits per heavy atom. The van der Waals surface area contributed by atoms with Crippen LogP contribution >= 0.6 is 11.9 Å². The monoisotopic (exact) mass is 269 g/mol. The Morgan fingerprint density at radius 1 is 1.11 bits per heavy atom. The Bertz CT molecular complexity index is 451. The molecule has 2 rings (SSSR count). The van der Waals surface area contributed by atoms with E-state index in [1.54, 1.807) is 6.07 Å². The van der Waals surface area contributed by atoms with E-state index in [4.69, 9.17) is 14.4 Å². The van der Waals surface area contributed by atoms with Gasteiger partial charge in [0.05, 0.1) is 11.2 Å². The van der Waals surface area contributed by atoms with Gasteiger partial charge in [-0.3, -0.25) is 5.14 Å². The largest absolute Gasteiger partial charge is 0.494 e. The molecule has 1 saturated heterocycles. The molecule has 0 unspecified atom stereocenters. The lowest BCUT2D eigenvalue weighted by molar-refractivity contribution is 0.00578. The first-order valence-corrected chi connectivity index (χ1v) is 6.66. The van der Waals surface area contributed by atoms with E-state index in [-0.39, 0.29) is 5.82 Å². The standard InChI is InChI=1S/C12H17BFNO2S/c1-11(2)12(3,4)17-13(16-11)8-5-9(14)7-10(6-8)18-15/h5-7H,15H2,1-4H3. The first-order chi connectivity index (χ1) is 8.25. The predicted molar refractivity (Wildman–Crippen MR) is 72.2 cm³/mol. The molecule has 0 spiro atoms. The normalized spacial score (nSPS) is 21.3. The fourth-order valence-corrected chi connectivity index (χ4v) is 2.15. The highest BCUT2D eigenvalue weighted by Crippen LogP contribution is 2.36. The number of hydrogen-bond acceptors (Lipinski definition) is 4. The van der Waals surface area contributed by atoms with Crippen molar-refractivity contribution < 1.29 is 13.7 Å². The summed E-state index contributed by atoms with van der Waals surface area (Å²) >= 11 is 1.00. The van der Waals surface area contributed by atoms with E-state index >= 15 is 0 Å². The maximum absolute atomic E-state index is 13.5. The van der Waals surface area contributed by atoms with Crippen molar-refractivity contribution in [3.63, 3.8) is 0 Å². The van der Waals surface area contributed by atoms with Crippen LogP contribution in [0.1, 0.15) is 27.7 Å². The van der Waals surface area contributed by atoms with Crippen LogP contribution in [0.3, 0.4) is 0 Å². The highest BCUT2D eigenvalue weighted by molar-refractivity contribution is 7.97. The van der Waals surface area contributed by atoms with Gasteiger partial charge >= 0.3 is 7.12 Å². The van der Waals surface area contributed by atoms with Crippen molar-refractivity contribution in [1.29, 1.82) is 0 Å². The summed E-state index contributed by atoms with van der Waals surface area (Å²) in [5.41, 5.74) is -0.207. The van der Waals surface area contributed by atoms with Crippen LogP contribution in [-0.4, -0.2) is 18.3 Å². The lowest BCUT2D eigenvalue weighted by atomic mass is 9.79. The zero-order valence-corrected chi connectivity index (χ0v) is 11.8. The van der Waals surface area contributed by atoms with E-state index in [1.165, 1.54) is 12.1 Å². The van der Waals surface area contributed by atoms with Crippen molar-refractivity contribution in [3.05, 3.63) is 24.0 Å². The van der Waals surface area contributed by atoms with Crippen LogP contribution in [0, 0.1) is 5.82 Å². The summed E-state index contributed by atoms with van der Waals surface area (Å²) in [6, 6.07) is 4.59. The third kappa shape index (κ3) is 2.43. The molecule has 1 aliphatic heterocycles. The molecule has 0 atom stereocenters. The molecule has 2 N–H and O–H groups in total. The molecule has 1 aromatic carbocycles. The fraction of sp³-hybridized carbons (Fsp3) is 0.500. The fourth-order valence-electron chi connectivity index (χ4n) is 1.77. The number of rotatable bonds is 2. The molecule has 3 nitrogen and oxygen atoms in total. The van der Waals surface area contributed by atoms with Crippen molar-refractivity contribution >= 4 is 24.5 Å². The van der Waals surface area contributed by atoms with Gasteiger partial charge in [-0.25, -0.2) is 4.39 Å². The van der Waals surface area contributed by atoms with Crippen LogP contribution in [0.25, 0.3) is 0 Å². The Labute approximate surface area is 111 Å². The van der Waals surface area contributed by atoms with Crippen LogP contribution in [0.15, 0.2) is 23.1 Å². The molecule has 6 heteroatoms. The van der Waals surface area contributed by atoms with Crippen LogP contribution in [0.5, 0.6) is 0 Å². The molecular formula is C12H17BFNO2S. The minimum absolute atomic E-state index is 0.338. The van der Waals surface area contributed by atoms with E-state index < -0.39 is 18.3 Å². The van der Waals surface area contributed by atoms with Crippen LogP contribution < -0.4 is 10.6 Å². The number of halogens is 1. The van der Waals surface area contributed by atoms with Gasteiger partial charge in [-0.1, -0.05) is 0 Å². The third-order valence-electron chi connectivity index (χ3n) is 3.56. The molecule has 1 aromatic rings. The van der Waals surface area contributed by atoms with Crippen molar-refractivity contribution in [3.8, 4) is 0 Å². The number of hydrogen-bond donors (Lipinski definition) is 1. The van der Waals surface area contributed by atoms with Crippen molar-refractivity contribution in [2.75, 3.05) is 0 Å². The van der Waals surface area contributed by atoms with Gasteiger partial charge in [-0.15, -0.1) is 0 Å². The molecule has 0 aromatic heterocycles. The predicted octanol–water partition coefficient (Wildman–Crippen LogP) is 2.09. The molecule has 1 aliphatic rings. The smallest absolute Gasteiger partial charge is 0.399 e. The van der Waals surface area contributed by atoms with Gasteiger partial charge in [0, 0.05) is 4.90 Å². The molecule has 0 aliphatic carbocycles. The summed E-state index contributed by atoms with van der Waals surface area (Å²) < 4.78 is 25.2. The lowest BCUT2D eigenvalue weighted by Gasteiger charge is -2.32. The minimum atomic E-state index is -0.559. The van der Waals surface area contributed by atoms with Crippen LogP contribution in [-0.2, 0) is 9.31 Å². The number of benzene rings is 1. The second-order valence-electron chi connectivity index (χ2n) is 5.43. The molecular weight excluding hydrogens is 252 g/mol. The maximum atomic E-state index is 13.5. The summed E-state index contributed by atoms with van der Waals surface area (Å²) in [5.74, 6) is -0.338. The van der Waals surface area contributed by atoms with Crippen LogP contribution in [0.2, 0.25) is 0 Å². The summed E-state index contributed by atoms with van der Waals surface area (Å²) in [4.78, 5) is 0.653. The summed E-state index contributed by atoms with van der Waals surface area (Å²) in [6.45, 7) is 7.85. The summed E-state index contributed by atoms with van der Waals surface area (Å²) in [5, 5.41) is 5.46. The topological polar surface area (TPSA) is 44.5 Å². The van der Waals surface area contributed by atoms with E-state index in [0.717, 1.165) is 11.9 Å². The van der Waals surface area contributed by atoms with Crippen molar-refractivity contribution in [2.24, 2.45) is 5.14 Å². The first-order valence-electron chi connectivity index (χ1n) is 5.78. The Hall–Kier alpha value is -0.555. The highest BCUT2D eigenvalue weighted by Gasteiger charge is 2.51. The third-order valence-corrected chi connectivity index (χ3v) is 4.06. The van der Waals surface area contributed by atoms with Gasteiger partial charge < -0.3 is 9.31 Å². The average molecular weight is 269 g/mol.